The zero-order valence-electron chi connectivity index (χ0n) is 15.7. The second-order valence-corrected chi connectivity index (χ2v) is 8.73. The van der Waals surface area contributed by atoms with Gasteiger partial charge in [0.2, 0.25) is 21.8 Å². The van der Waals surface area contributed by atoms with Gasteiger partial charge in [-0.15, -0.1) is 0 Å². The molecule has 11 heteroatoms. The molecule has 3 atom stereocenters. The molecular weight excluding hydrogens is 364 g/mol. The number of carboxylic acid groups (broad SMARTS) is 1. The van der Waals surface area contributed by atoms with Crippen molar-refractivity contribution in [1.82, 2.24) is 19.8 Å². The average Bonchev–Trinajstić information content (AvgIpc) is 2.56. The lowest BCUT2D eigenvalue weighted by Gasteiger charge is -2.40. The third-order valence-corrected chi connectivity index (χ3v) is 5.71. The van der Waals surface area contributed by atoms with Crippen molar-refractivity contribution in [2.24, 2.45) is 5.92 Å². The molecule has 0 aromatic rings. The van der Waals surface area contributed by atoms with Crippen LogP contribution in [0.5, 0.6) is 0 Å². The Balaban J connectivity index is 3.02. The number of rotatable bonds is 7. The van der Waals surface area contributed by atoms with Gasteiger partial charge in [0, 0.05) is 19.6 Å². The van der Waals surface area contributed by atoms with Crippen LogP contribution >= 0.6 is 0 Å². The molecule has 1 aliphatic heterocycles. The lowest BCUT2D eigenvalue weighted by molar-refractivity contribution is -0.154. The highest BCUT2D eigenvalue weighted by molar-refractivity contribution is 7.88. The molecule has 1 heterocycles. The Hall–Kier alpha value is -1.72. The van der Waals surface area contributed by atoms with Gasteiger partial charge < -0.3 is 20.6 Å². The van der Waals surface area contributed by atoms with Gasteiger partial charge in [-0.3, -0.25) is 9.59 Å². The number of nitrogens with zero attached hydrogens (tertiary/aromatic N) is 2. The number of amides is 2. The minimum absolute atomic E-state index is 0.0139. The fraction of sp³-hybridized carbons (Fsp3) is 0.800. The fourth-order valence-electron chi connectivity index (χ4n) is 2.64. The lowest BCUT2D eigenvalue weighted by Crippen LogP contribution is -2.63. The van der Waals surface area contributed by atoms with Gasteiger partial charge in [0.25, 0.3) is 0 Å². The van der Waals surface area contributed by atoms with Gasteiger partial charge in [-0.05, 0) is 19.9 Å². The molecule has 150 valence electrons. The third kappa shape index (κ3) is 5.39. The van der Waals surface area contributed by atoms with E-state index in [1.165, 1.54) is 0 Å². The first-order chi connectivity index (χ1) is 11.9. The number of hydrogen-bond acceptors (Lipinski definition) is 6. The van der Waals surface area contributed by atoms with Crippen LogP contribution in [0, 0.1) is 5.92 Å². The van der Waals surface area contributed by atoms with E-state index in [2.05, 4.69) is 10.6 Å². The minimum Gasteiger partial charge on any atom is -0.480 e. The smallest absolute Gasteiger partial charge is 0.327 e. The van der Waals surface area contributed by atoms with Gasteiger partial charge in [0.15, 0.2) is 0 Å². The van der Waals surface area contributed by atoms with Crippen molar-refractivity contribution < 1.29 is 27.9 Å². The van der Waals surface area contributed by atoms with E-state index in [1.807, 2.05) is 0 Å². The maximum absolute atomic E-state index is 12.9. The van der Waals surface area contributed by atoms with E-state index in [-0.39, 0.29) is 31.5 Å². The Kier molecular flexibility index (Phi) is 7.54. The van der Waals surface area contributed by atoms with Gasteiger partial charge in [-0.1, -0.05) is 13.8 Å². The highest BCUT2D eigenvalue weighted by Crippen LogP contribution is 2.17. The zero-order valence-corrected chi connectivity index (χ0v) is 16.5. The molecule has 0 radical (unpaired) electrons. The molecule has 1 fully saturated rings. The van der Waals surface area contributed by atoms with Crippen molar-refractivity contribution in [3.8, 4) is 0 Å². The predicted octanol–water partition coefficient (Wildman–Crippen LogP) is -1.71. The fourth-order valence-corrected chi connectivity index (χ4v) is 3.46. The zero-order chi connectivity index (χ0) is 20.2. The lowest BCUT2D eigenvalue weighted by atomic mass is 10.0. The summed E-state index contributed by atoms with van der Waals surface area (Å²) in [6.07, 6.45) is 1.000. The summed E-state index contributed by atoms with van der Waals surface area (Å²) in [5.74, 6) is -2.46. The van der Waals surface area contributed by atoms with E-state index in [0.29, 0.717) is 0 Å². The minimum atomic E-state index is -3.56. The maximum Gasteiger partial charge on any atom is 0.327 e. The predicted molar refractivity (Wildman–Crippen MR) is 94.8 cm³/mol. The van der Waals surface area contributed by atoms with Gasteiger partial charge >= 0.3 is 5.97 Å². The standard InChI is InChI=1S/C15H28N4O6S/c1-9(2)12(17-13(20)10(3)16-4)14(21)19-7-6-18(26(5,24)25)8-11(19)15(22)23/h9-12,16H,6-8H2,1-5H3,(H,17,20)(H,22,23). The first kappa shape index (κ1) is 22.3. The van der Waals surface area contributed by atoms with Crippen LogP contribution in [0.2, 0.25) is 0 Å². The van der Waals surface area contributed by atoms with Crippen LogP contribution in [0.1, 0.15) is 20.8 Å². The molecule has 2 amide bonds. The number of aliphatic carboxylic acids is 1. The third-order valence-electron chi connectivity index (χ3n) is 4.44. The second kappa shape index (κ2) is 8.78. The summed E-state index contributed by atoms with van der Waals surface area (Å²) in [7, 11) is -1.95. The maximum atomic E-state index is 12.9. The number of nitrogens with one attached hydrogen (secondary N) is 2. The van der Waals surface area contributed by atoms with Crippen molar-refractivity contribution in [1.29, 1.82) is 0 Å². The van der Waals surface area contributed by atoms with Gasteiger partial charge in [0.1, 0.15) is 12.1 Å². The number of likely N-dealkylation sites (N-methyl/N-ethyl adjacent to an activating group) is 1. The molecule has 0 bridgehead atoms. The number of hydrogen-bond donors (Lipinski definition) is 3. The first-order valence-electron chi connectivity index (χ1n) is 8.36. The van der Waals surface area contributed by atoms with Crippen LogP contribution in [0.15, 0.2) is 0 Å². The van der Waals surface area contributed by atoms with Crippen LogP contribution in [0.3, 0.4) is 0 Å². The van der Waals surface area contributed by atoms with E-state index in [9.17, 15) is 27.9 Å². The van der Waals surface area contributed by atoms with E-state index in [0.717, 1.165) is 15.5 Å². The van der Waals surface area contributed by atoms with Crippen LogP contribution in [-0.4, -0.2) is 91.6 Å². The molecule has 3 N–H and O–H groups in total. The number of carbonyl (C=O) groups is 3. The molecule has 26 heavy (non-hydrogen) atoms. The normalized spacial score (nSPS) is 21.3. The number of sulfonamides is 1. The Morgan fingerprint density at radius 2 is 1.73 bits per heavy atom. The van der Waals surface area contributed by atoms with Gasteiger partial charge in [0.05, 0.1) is 12.3 Å². The van der Waals surface area contributed by atoms with Crippen LogP contribution in [0.25, 0.3) is 0 Å². The molecule has 0 saturated carbocycles. The summed E-state index contributed by atoms with van der Waals surface area (Å²) in [6.45, 7) is 4.78. The molecule has 0 aromatic carbocycles. The molecule has 0 aliphatic carbocycles. The van der Waals surface area contributed by atoms with E-state index in [4.69, 9.17) is 0 Å². The average molecular weight is 392 g/mol. The summed E-state index contributed by atoms with van der Waals surface area (Å²) in [4.78, 5) is 37.8. The van der Waals surface area contributed by atoms with E-state index < -0.39 is 40.0 Å². The summed E-state index contributed by atoms with van der Waals surface area (Å²) in [5, 5.41) is 14.9. The Morgan fingerprint density at radius 1 is 1.15 bits per heavy atom. The SMILES string of the molecule is CNC(C)C(=O)NC(C(=O)N1CCN(S(C)(=O)=O)CC1C(=O)O)C(C)C. The molecule has 1 saturated heterocycles. The van der Waals surface area contributed by atoms with Crippen LogP contribution in [0.4, 0.5) is 0 Å². The highest BCUT2D eigenvalue weighted by Gasteiger charge is 2.41. The first-order valence-corrected chi connectivity index (χ1v) is 10.2. The number of carboxylic acids is 1. The summed E-state index contributed by atoms with van der Waals surface area (Å²) < 4.78 is 24.4. The van der Waals surface area contributed by atoms with Gasteiger partial charge in [-0.2, -0.15) is 4.31 Å². The number of carbonyl (C=O) groups excluding carboxylic acids is 2. The molecule has 0 aromatic heterocycles. The number of piperazine rings is 1. The Morgan fingerprint density at radius 3 is 2.15 bits per heavy atom. The Bertz CT molecular complexity index is 651. The van der Waals surface area contributed by atoms with Crippen molar-refractivity contribution in [2.45, 2.75) is 38.9 Å². The van der Waals surface area contributed by atoms with Crippen molar-refractivity contribution in [3.63, 3.8) is 0 Å². The molecule has 3 unspecified atom stereocenters. The van der Waals surface area contributed by atoms with Crippen LogP contribution in [-0.2, 0) is 24.4 Å². The quantitative estimate of drug-likeness (QED) is 0.469. The second-order valence-electron chi connectivity index (χ2n) is 6.75. The molecular formula is C15H28N4O6S. The topological polar surface area (TPSA) is 136 Å². The van der Waals surface area contributed by atoms with E-state index in [1.54, 1.807) is 27.8 Å². The van der Waals surface area contributed by atoms with Crippen molar-refractivity contribution in [3.05, 3.63) is 0 Å². The largest absolute Gasteiger partial charge is 0.480 e. The molecule has 10 nitrogen and oxygen atoms in total. The summed E-state index contributed by atoms with van der Waals surface area (Å²) in [6, 6.07) is -2.71. The van der Waals surface area contributed by atoms with Gasteiger partial charge in [-0.25, -0.2) is 13.2 Å². The highest BCUT2D eigenvalue weighted by atomic mass is 32.2. The molecule has 1 aliphatic rings. The summed E-state index contributed by atoms with van der Waals surface area (Å²) >= 11 is 0. The van der Waals surface area contributed by atoms with E-state index >= 15 is 0 Å². The summed E-state index contributed by atoms with van der Waals surface area (Å²) in [5.41, 5.74) is 0. The van der Waals surface area contributed by atoms with Crippen LogP contribution < -0.4 is 10.6 Å². The van der Waals surface area contributed by atoms with Crippen molar-refractivity contribution in [2.75, 3.05) is 32.9 Å². The molecule has 1 rings (SSSR count). The Labute approximate surface area is 154 Å². The monoisotopic (exact) mass is 392 g/mol. The van der Waals surface area contributed by atoms with Crippen molar-refractivity contribution >= 4 is 27.8 Å². The molecule has 0 spiro atoms.